The molecule has 1 aliphatic heterocycles. The van der Waals surface area contributed by atoms with E-state index in [4.69, 9.17) is 5.73 Å². The number of aromatic nitrogens is 2. The molecule has 0 unspecified atom stereocenters. The number of halogens is 3. The van der Waals surface area contributed by atoms with E-state index in [9.17, 15) is 21.6 Å². The summed E-state index contributed by atoms with van der Waals surface area (Å²) in [7, 11) is -5.68. The molecular formula is C14H13F3N4O2S. The van der Waals surface area contributed by atoms with E-state index in [1.165, 1.54) is 4.90 Å². The van der Waals surface area contributed by atoms with Crippen LogP contribution in [0.1, 0.15) is 12.0 Å². The molecule has 10 heteroatoms. The first-order valence-electron chi connectivity index (χ1n) is 7.01. The number of rotatable bonds is 2. The van der Waals surface area contributed by atoms with Gasteiger partial charge in [-0.2, -0.15) is 13.2 Å². The van der Waals surface area contributed by atoms with Gasteiger partial charge in [-0.1, -0.05) is 18.2 Å². The maximum absolute atomic E-state index is 13.0. The van der Waals surface area contributed by atoms with Crippen molar-refractivity contribution in [2.24, 2.45) is 0 Å². The molecule has 1 aliphatic rings. The van der Waals surface area contributed by atoms with Crippen molar-refractivity contribution < 1.29 is 21.6 Å². The third kappa shape index (κ3) is 2.56. The van der Waals surface area contributed by atoms with Gasteiger partial charge in [0.15, 0.2) is 10.7 Å². The van der Waals surface area contributed by atoms with Gasteiger partial charge in [0.2, 0.25) is 0 Å². The molecule has 0 bridgehead atoms. The molecule has 1 aromatic carbocycles. The number of nitrogen functional groups attached to an aromatic ring is 1. The highest BCUT2D eigenvalue weighted by atomic mass is 32.2. The molecule has 1 aromatic heterocycles. The number of nitrogens with two attached hydrogens (primary N) is 1. The Kier molecular flexibility index (Phi) is 3.86. The van der Waals surface area contributed by atoms with Gasteiger partial charge in [-0.15, -0.1) is 0 Å². The molecule has 0 spiro atoms. The van der Waals surface area contributed by atoms with Crippen LogP contribution in [-0.4, -0.2) is 30.4 Å². The standard InChI is InChI=1S/C14H13F3N4O2S/c15-14(16,17)24(22,23)11-12(18)19-8-20-13(11)21-7-3-5-9-4-1-2-6-10(9)21/h1-2,4,6,8H,3,5,7H2,(H2,18,19,20). The molecule has 0 saturated heterocycles. The summed E-state index contributed by atoms with van der Waals surface area (Å²) >= 11 is 0. The maximum Gasteiger partial charge on any atom is 0.502 e. The lowest BCUT2D eigenvalue weighted by Crippen LogP contribution is -2.31. The van der Waals surface area contributed by atoms with Crippen molar-refractivity contribution in [3.8, 4) is 0 Å². The Bertz CT molecular complexity index is 884. The fourth-order valence-electron chi connectivity index (χ4n) is 2.70. The molecule has 0 atom stereocenters. The monoisotopic (exact) mass is 358 g/mol. The van der Waals surface area contributed by atoms with Gasteiger partial charge in [0, 0.05) is 12.2 Å². The van der Waals surface area contributed by atoms with E-state index in [2.05, 4.69) is 9.97 Å². The Labute approximate surface area is 136 Å². The summed E-state index contributed by atoms with van der Waals surface area (Å²) < 4.78 is 63.0. The van der Waals surface area contributed by atoms with Gasteiger partial charge < -0.3 is 10.6 Å². The highest BCUT2D eigenvalue weighted by molar-refractivity contribution is 7.92. The molecule has 0 aliphatic carbocycles. The smallest absolute Gasteiger partial charge is 0.382 e. The number of anilines is 3. The summed E-state index contributed by atoms with van der Waals surface area (Å²) in [5, 5.41) is 0. The van der Waals surface area contributed by atoms with Crippen LogP contribution in [0.2, 0.25) is 0 Å². The number of hydrogen-bond donors (Lipinski definition) is 1. The predicted octanol–water partition coefficient (Wildman–Crippen LogP) is 2.44. The molecule has 2 heterocycles. The lowest BCUT2D eigenvalue weighted by Gasteiger charge is -2.31. The second-order valence-corrected chi connectivity index (χ2v) is 7.12. The molecule has 3 rings (SSSR count). The number of aryl methyl sites for hydroxylation is 1. The van der Waals surface area contributed by atoms with E-state index in [1.54, 1.807) is 12.1 Å². The average Bonchev–Trinajstić information content (AvgIpc) is 2.52. The largest absolute Gasteiger partial charge is 0.502 e. The van der Waals surface area contributed by atoms with Crippen LogP contribution in [0.5, 0.6) is 0 Å². The van der Waals surface area contributed by atoms with Gasteiger partial charge >= 0.3 is 5.51 Å². The molecule has 2 aromatic rings. The second kappa shape index (κ2) is 5.62. The van der Waals surface area contributed by atoms with Crippen LogP contribution in [0.25, 0.3) is 0 Å². The van der Waals surface area contributed by atoms with E-state index in [1.807, 2.05) is 12.1 Å². The first-order chi connectivity index (χ1) is 11.2. The average molecular weight is 358 g/mol. The summed E-state index contributed by atoms with van der Waals surface area (Å²) in [4.78, 5) is 7.57. The van der Waals surface area contributed by atoms with Crippen LogP contribution in [0.15, 0.2) is 35.5 Å². The molecule has 6 nitrogen and oxygen atoms in total. The number of fused-ring (bicyclic) bond motifs is 1. The second-order valence-electron chi connectivity index (χ2n) is 5.24. The van der Waals surface area contributed by atoms with Gasteiger partial charge in [-0.05, 0) is 24.5 Å². The van der Waals surface area contributed by atoms with Crippen LogP contribution in [0.3, 0.4) is 0 Å². The predicted molar refractivity (Wildman–Crippen MR) is 81.5 cm³/mol. The molecule has 0 fully saturated rings. The summed E-state index contributed by atoms with van der Waals surface area (Å²) in [6.45, 7) is 0.327. The van der Waals surface area contributed by atoms with E-state index < -0.39 is 26.1 Å². The molecule has 0 amide bonds. The summed E-state index contributed by atoms with van der Waals surface area (Å²) in [6.07, 6.45) is 2.35. The third-order valence-electron chi connectivity index (χ3n) is 3.75. The van der Waals surface area contributed by atoms with Crippen LogP contribution in [0.4, 0.5) is 30.5 Å². The van der Waals surface area contributed by atoms with Crippen LogP contribution >= 0.6 is 0 Å². The van der Waals surface area contributed by atoms with Crippen molar-refractivity contribution in [3.05, 3.63) is 36.2 Å². The van der Waals surface area contributed by atoms with E-state index in [0.717, 1.165) is 18.3 Å². The van der Waals surface area contributed by atoms with Crippen molar-refractivity contribution in [1.29, 1.82) is 0 Å². The molecule has 24 heavy (non-hydrogen) atoms. The molecule has 0 saturated carbocycles. The van der Waals surface area contributed by atoms with E-state index >= 15 is 0 Å². The maximum atomic E-state index is 13.0. The van der Waals surface area contributed by atoms with Crippen LogP contribution in [-0.2, 0) is 16.3 Å². The Balaban J connectivity index is 2.24. The molecule has 0 radical (unpaired) electrons. The summed E-state index contributed by atoms with van der Waals surface area (Å²) in [5.41, 5.74) is 1.49. The topological polar surface area (TPSA) is 89.2 Å². The SMILES string of the molecule is Nc1ncnc(N2CCCc3ccccc32)c1S(=O)(=O)C(F)(F)F. The number of hydrogen-bond acceptors (Lipinski definition) is 6. The number of para-hydroxylation sites is 1. The Morgan fingerprint density at radius 1 is 1.17 bits per heavy atom. The van der Waals surface area contributed by atoms with Crippen molar-refractivity contribution >= 4 is 27.2 Å². The fraction of sp³-hybridized carbons (Fsp3) is 0.286. The van der Waals surface area contributed by atoms with Gasteiger partial charge in [-0.25, -0.2) is 18.4 Å². The van der Waals surface area contributed by atoms with E-state index in [0.29, 0.717) is 18.7 Å². The third-order valence-corrected chi connectivity index (χ3v) is 5.29. The Morgan fingerprint density at radius 2 is 1.88 bits per heavy atom. The van der Waals surface area contributed by atoms with Crippen LogP contribution in [0, 0.1) is 0 Å². The number of nitrogens with zero attached hydrogens (tertiary/aromatic N) is 3. The number of sulfone groups is 1. The number of benzene rings is 1. The first-order valence-corrected chi connectivity index (χ1v) is 8.49. The molecule has 2 N–H and O–H groups in total. The summed E-state index contributed by atoms with van der Waals surface area (Å²) in [6, 6.07) is 7.07. The zero-order chi connectivity index (χ0) is 17.5. The van der Waals surface area contributed by atoms with Gasteiger partial charge in [0.1, 0.15) is 12.1 Å². The van der Waals surface area contributed by atoms with Crippen molar-refractivity contribution in [2.75, 3.05) is 17.2 Å². The van der Waals surface area contributed by atoms with Crippen molar-refractivity contribution in [1.82, 2.24) is 9.97 Å². The fourth-order valence-corrected chi connectivity index (χ4v) is 3.66. The van der Waals surface area contributed by atoms with Crippen LogP contribution < -0.4 is 10.6 Å². The minimum absolute atomic E-state index is 0.327. The minimum atomic E-state index is -5.68. The zero-order valence-corrected chi connectivity index (χ0v) is 13.1. The van der Waals surface area contributed by atoms with Crippen molar-refractivity contribution in [3.63, 3.8) is 0 Å². The molecule has 128 valence electrons. The van der Waals surface area contributed by atoms with Crippen molar-refractivity contribution in [2.45, 2.75) is 23.2 Å². The highest BCUT2D eigenvalue weighted by Gasteiger charge is 2.50. The lowest BCUT2D eigenvalue weighted by atomic mass is 10.0. The molecular weight excluding hydrogens is 345 g/mol. The minimum Gasteiger partial charge on any atom is -0.382 e. The zero-order valence-electron chi connectivity index (χ0n) is 12.3. The van der Waals surface area contributed by atoms with Gasteiger partial charge in [0.25, 0.3) is 9.84 Å². The lowest BCUT2D eigenvalue weighted by molar-refractivity contribution is -0.0435. The van der Waals surface area contributed by atoms with Gasteiger partial charge in [-0.3, -0.25) is 0 Å². The van der Waals surface area contributed by atoms with E-state index in [-0.39, 0.29) is 5.82 Å². The quantitative estimate of drug-likeness (QED) is 0.887. The Morgan fingerprint density at radius 3 is 2.58 bits per heavy atom. The number of alkyl halides is 3. The normalized spacial score (nSPS) is 15.2. The van der Waals surface area contributed by atoms with Gasteiger partial charge in [0.05, 0.1) is 0 Å². The summed E-state index contributed by atoms with van der Waals surface area (Å²) in [5.74, 6) is -1.08. The highest BCUT2D eigenvalue weighted by Crippen LogP contribution is 2.41. The Hall–Kier alpha value is -2.36. The first kappa shape index (κ1) is 16.5.